The first kappa shape index (κ1) is 12.8. The second-order valence-corrected chi connectivity index (χ2v) is 4.47. The van der Waals surface area contributed by atoms with Crippen molar-refractivity contribution in [2.45, 2.75) is 32.9 Å². The number of nitrogens with two attached hydrogens (primary N) is 1. The van der Waals surface area contributed by atoms with Crippen molar-refractivity contribution in [2.24, 2.45) is 5.73 Å². The monoisotopic (exact) mass is 247 g/mol. The summed E-state index contributed by atoms with van der Waals surface area (Å²) in [6.45, 7) is 4.74. The van der Waals surface area contributed by atoms with Gasteiger partial charge in [0.2, 0.25) is 0 Å². The minimum atomic E-state index is -0.314. The van der Waals surface area contributed by atoms with Gasteiger partial charge in [-0.05, 0) is 30.5 Å². The van der Waals surface area contributed by atoms with E-state index in [0.717, 1.165) is 24.4 Å². The topological polar surface area (TPSA) is 43.8 Å². The molecule has 0 amide bonds. The lowest BCUT2D eigenvalue weighted by atomic mass is 10.0. The van der Waals surface area contributed by atoms with E-state index in [1.807, 2.05) is 10.8 Å². The van der Waals surface area contributed by atoms with Crippen LogP contribution in [0, 0.1) is 12.7 Å². The fourth-order valence-corrected chi connectivity index (χ4v) is 2.04. The van der Waals surface area contributed by atoms with Crippen LogP contribution in [0.15, 0.2) is 30.6 Å². The molecule has 2 aromatic rings. The average Bonchev–Trinajstić information content (AvgIpc) is 2.80. The molecule has 2 rings (SSSR count). The van der Waals surface area contributed by atoms with E-state index in [1.165, 1.54) is 6.07 Å². The fraction of sp³-hybridized carbons (Fsp3) is 0.357. The number of aryl methyl sites for hydroxylation is 2. The van der Waals surface area contributed by atoms with Gasteiger partial charge in [-0.1, -0.05) is 19.1 Å². The van der Waals surface area contributed by atoms with Gasteiger partial charge < -0.3 is 10.3 Å². The zero-order valence-corrected chi connectivity index (χ0v) is 10.7. The molecule has 18 heavy (non-hydrogen) atoms. The molecule has 0 saturated heterocycles. The van der Waals surface area contributed by atoms with Gasteiger partial charge in [0.25, 0.3) is 0 Å². The van der Waals surface area contributed by atoms with Crippen LogP contribution in [0.2, 0.25) is 0 Å². The standard InChI is InChI=1S/C14H18FN3/c1-3-7-18-8-6-17-14(18)13(16)11-4-5-12(15)10(2)9-11/h4-6,8-9,13H,3,7,16H2,1-2H3. The summed E-state index contributed by atoms with van der Waals surface area (Å²) >= 11 is 0. The lowest BCUT2D eigenvalue weighted by Crippen LogP contribution is -2.18. The number of halogens is 1. The Hall–Kier alpha value is -1.68. The first-order chi connectivity index (χ1) is 8.63. The van der Waals surface area contributed by atoms with Crippen molar-refractivity contribution in [2.75, 3.05) is 0 Å². The summed E-state index contributed by atoms with van der Waals surface area (Å²) in [4.78, 5) is 4.31. The van der Waals surface area contributed by atoms with Crippen LogP contribution in [0.5, 0.6) is 0 Å². The second-order valence-electron chi connectivity index (χ2n) is 4.47. The fourth-order valence-electron chi connectivity index (χ4n) is 2.04. The van der Waals surface area contributed by atoms with Gasteiger partial charge in [-0.15, -0.1) is 0 Å². The highest BCUT2D eigenvalue weighted by Crippen LogP contribution is 2.20. The van der Waals surface area contributed by atoms with E-state index in [9.17, 15) is 4.39 Å². The van der Waals surface area contributed by atoms with Crippen LogP contribution in [-0.4, -0.2) is 9.55 Å². The van der Waals surface area contributed by atoms with Crippen molar-refractivity contribution >= 4 is 0 Å². The Bertz CT molecular complexity index is 534. The number of hydrogen-bond donors (Lipinski definition) is 1. The van der Waals surface area contributed by atoms with Crippen molar-refractivity contribution in [1.82, 2.24) is 9.55 Å². The van der Waals surface area contributed by atoms with Crippen LogP contribution >= 0.6 is 0 Å². The van der Waals surface area contributed by atoms with Crippen LogP contribution in [0.25, 0.3) is 0 Å². The van der Waals surface area contributed by atoms with E-state index in [4.69, 9.17) is 5.73 Å². The molecule has 0 bridgehead atoms. The molecule has 0 aliphatic carbocycles. The average molecular weight is 247 g/mol. The number of rotatable bonds is 4. The summed E-state index contributed by atoms with van der Waals surface area (Å²) in [5, 5.41) is 0. The van der Waals surface area contributed by atoms with Crippen molar-refractivity contribution in [1.29, 1.82) is 0 Å². The van der Waals surface area contributed by atoms with Gasteiger partial charge in [0.05, 0.1) is 6.04 Å². The summed E-state index contributed by atoms with van der Waals surface area (Å²) in [5.74, 6) is 0.616. The lowest BCUT2D eigenvalue weighted by Gasteiger charge is -2.14. The molecule has 96 valence electrons. The molecule has 1 unspecified atom stereocenters. The van der Waals surface area contributed by atoms with Gasteiger partial charge in [0, 0.05) is 18.9 Å². The van der Waals surface area contributed by atoms with E-state index in [0.29, 0.717) is 5.56 Å². The Morgan fingerprint density at radius 1 is 1.44 bits per heavy atom. The maximum absolute atomic E-state index is 13.2. The van der Waals surface area contributed by atoms with Crippen molar-refractivity contribution < 1.29 is 4.39 Å². The van der Waals surface area contributed by atoms with Crippen molar-refractivity contribution in [3.63, 3.8) is 0 Å². The normalized spacial score (nSPS) is 12.7. The van der Waals surface area contributed by atoms with E-state index in [2.05, 4.69) is 11.9 Å². The Balaban J connectivity index is 2.32. The molecule has 0 fully saturated rings. The van der Waals surface area contributed by atoms with E-state index in [-0.39, 0.29) is 11.9 Å². The maximum Gasteiger partial charge on any atom is 0.130 e. The summed E-state index contributed by atoms with van der Waals surface area (Å²) in [7, 11) is 0. The van der Waals surface area contributed by atoms with Crippen molar-refractivity contribution in [3.05, 3.63) is 53.4 Å². The van der Waals surface area contributed by atoms with Crippen molar-refractivity contribution in [3.8, 4) is 0 Å². The highest BCUT2D eigenvalue weighted by Gasteiger charge is 2.15. The summed E-state index contributed by atoms with van der Waals surface area (Å²) < 4.78 is 15.3. The van der Waals surface area contributed by atoms with Crippen LogP contribution in [-0.2, 0) is 6.54 Å². The van der Waals surface area contributed by atoms with E-state index >= 15 is 0 Å². The van der Waals surface area contributed by atoms with Gasteiger partial charge in [0.1, 0.15) is 11.6 Å². The highest BCUT2D eigenvalue weighted by molar-refractivity contribution is 5.30. The molecule has 0 aliphatic heterocycles. The van der Waals surface area contributed by atoms with Gasteiger partial charge >= 0.3 is 0 Å². The van der Waals surface area contributed by atoms with E-state index in [1.54, 1.807) is 25.3 Å². The molecule has 0 spiro atoms. The summed E-state index contributed by atoms with van der Waals surface area (Å²) in [6, 6.07) is 4.64. The number of benzene rings is 1. The molecule has 2 N–H and O–H groups in total. The largest absolute Gasteiger partial charge is 0.333 e. The number of hydrogen-bond acceptors (Lipinski definition) is 2. The third kappa shape index (κ3) is 2.43. The number of imidazole rings is 1. The molecule has 1 aromatic heterocycles. The first-order valence-corrected chi connectivity index (χ1v) is 6.16. The molecule has 3 nitrogen and oxygen atoms in total. The Kier molecular flexibility index (Phi) is 3.77. The van der Waals surface area contributed by atoms with Crippen LogP contribution in [0.4, 0.5) is 4.39 Å². The number of nitrogens with zero attached hydrogens (tertiary/aromatic N) is 2. The quantitative estimate of drug-likeness (QED) is 0.902. The Morgan fingerprint density at radius 3 is 2.89 bits per heavy atom. The molecular formula is C14H18FN3. The predicted octanol–water partition coefficient (Wildman–Crippen LogP) is 2.79. The second kappa shape index (κ2) is 5.31. The van der Waals surface area contributed by atoms with Gasteiger partial charge in [-0.25, -0.2) is 9.37 Å². The minimum absolute atomic E-state index is 0.206. The third-order valence-corrected chi connectivity index (χ3v) is 3.03. The summed E-state index contributed by atoms with van der Waals surface area (Å²) in [6.07, 6.45) is 4.70. The summed E-state index contributed by atoms with van der Waals surface area (Å²) in [5.41, 5.74) is 7.70. The predicted molar refractivity (Wildman–Crippen MR) is 69.7 cm³/mol. The molecule has 1 atom stereocenters. The molecule has 4 heteroatoms. The van der Waals surface area contributed by atoms with E-state index < -0.39 is 0 Å². The van der Waals surface area contributed by atoms with Crippen LogP contribution in [0.3, 0.4) is 0 Å². The molecule has 0 radical (unpaired) electrons. The molecule has 1 heterocycles. The molecular weight excluding hydrogens is 229 g/mol. The van der Waals surface area contributed by atoms with Crippen LogP contribution < -0.4 is 5.73 Å². The number of aromatic nitrogens is 2. The Morgan fingerprint density at radius 2 is 2.22 bits per heavy atom. The maximum atomic E-state index is 13.2. The zero-order valence-electron chi connectivity index (χ0n) is 10.7. The molecule has 1 aromatic carbocycles. The highest BCUT2D eigenvalue weighted by atomic mass is 19.1. The molecule has 0 aliphatic rings. The third-order valence-electron chi connectivity index (χ3n) is 3.03. The zero-order chi connectivity index (χ0) is 13.1. The van der Waals surface area contributed by atoms with Gasteiger partial charge in [0.15, 0.2) is 0 Å². The molecule has 0 saturated carbocycles. The Labute approximate surface area is 106 Å². The minimum Gasteiger partial charge on any atom is -0.333 e. The lowest BCUT2D eigenvalue weighted by molar-refractivity contribution is 0.604. The smallest absolute Gasteiger partial charge is 0.130 e. The first-order valence-electron chi connectivity index (χ1n) is 6.16. The van der Waals surface area contributed by atoms with Gasteiger partial charge in [-0.2, -0.15) is 0 Å². The van der Waals surface area contributed by atoms with Crippen LogP contribution in [0.1, 0.15) is 36.3 Å². The SMILES string of the molecule is CCCn1ccnc1C(N)c1ccc(F)c(C)c1. The van der Waals surface area contributed by atoms with Gasteiger partial charge in [-0.3, -0.25) is 0 Å².